The van der Waals surface area contributed by atoms with Crippen LogP contribution in [0.4, 0.5) is 0 Å². The number of hydrogen-bond donors (Lipinski definition) is 0. The van der Waals surface area contributed by atoms with E-state index in [0.717, 1.165) is 0 Å². The molecule has 0 spiro atoms. The summed E-state index contributed by atoms with van der Waals surface area (Å²) in [5, 5.41) is 0. The number of rotatable bonds is 2. The third-order valence-electron chi connectivity index (χ3n) is 0.200. The first kappa shape index (κ1) is 37.8. The molecule has 0 amide bonds. The minimum absolute atomic E-state index is 0. The minimum atomic E-state index is -5.68. The van der Waals surface area contributed by atoms with Gasteiger partial charge < -0.3 is 33.0 Å². The Kier molecular flexibility index (Phi) is 50.9. The van der Waals surface area contributed by atoms with E-state index in [9.17, 15) is 28.7 Å². The standard InChI is InChI=1S/4K.Na.H4O7P2/c;;;;;1-8(2,3)7-9(4,5)6/h;;;;;(H2,1,2,3)(H2,4,5,6)/q5*+1;/p-4. The minimum Gasteiger partial charge on any atom is -0.790 e. The Morgan fingerprint density at radius 1 is 0.714 bits per heavy atom. The van der Waals surface area contributed by atoms with Crippen LogP contribution in [0.3, 0.4) is 0 Å². The van der Waals surface area contributed by atoms with Crippen molar-refractivity contribution in [3.63, 3.8) is 0 Å². The van der Waals surface area contributed by atoms with Crippen molar-refractivity contribution in [3.8, 4) is 0 Å². The summed E-state index contributed by atoms with van der Waals surface area (Å²) in [4.78, 5) is 37.3. The van der Waals surface area contributed by atoms with Crippen molar-refractivity contribution >= 4 is 15.6 Å². The van der Waals surface area contributed by atoms with Crippen LogP contribution in [0.2, 0.25) is 0 Å². The summed E-state index contributed by atoms with van der Waals surface area (Å²) in [7, 11) is -11.4. The van der Waals surface area contributed by atoms with E-state index in [0.29, 0.717) is 0 Å². The Labute approximate surface area is 274 Å². The van der Waals surface area contributed by atoms with Crippen LogP contribution in [-0.2, 0) is 13.4 Å². The van der Waals surface area contributed by atoms with Gasteiger partial charge >= 0.3 is 235 Å². The SMILES string of the molecule is O=P([O-])([O-])OP(=O)([O-])[O-].[K+].[K+].[K+].[K+].[Na+]. The van der Waals surface area contributed by atoms with Gasteiger partial charge in [0, 0.05) is 0 Å². The van der Waals surface area contributed by atoms with Crippen molar-refractivity contribution in [2.75, 3.05) is 0 Å². The molecule has 14 heteroatoms. The van der Waals surface area contributed by atoms with Gasteiger partial charge in [-0.3, -0.25) is 0 Å². The first-order valence-electron chi connectivity index (χ1n) is 1.46. The van der Waals surface area contributed by atoms with E-state index < -0.39 is 15.6 Å². The number of phosphoric acid groups is 2. The van der Waals surface area contributed by atoms with Crippen LogP contribution in [0.25, 0.3) is 0 Å². The van der Waals surface area contributed by atoms with E-state index in [2.05, 4.69) is 4.31 Å². The molecule has 0 N–H and O–H groups in total. The fraction of sp³-hybridized carbons (Fsp3) is 0. The molecule has 14 heavy (non-hydrogen) atoms. The summed E-state index contributed by atoms with van der Waals surface area (Å²) in [6.07, 6.45) is 0. The maximum absolute atomic E-state index is 9.32. The van der Waals surface area contributed by atoms with Gasteiger partial charge in [0.1, 0.15) is 0 Å². The van der Waals surface area contributed by atoms with Crippen molar-refractivity contribution < 1.29 is 268 Å². The maximum Gasteiger partial charge on any atom is 1.00 e. The van der Waals surface area contributed by atoms with Gasteiger partial charge in [0.05, 0.1) is 15.6 Å². The van der Waals surface area contributed by atoms with Gasteiger partial charge in [-0.1, -0.05) is 0 Å². The van der Waals surface area contributed by atoms with E-state index in [-0.39, 0.29) is 235 Å². The monoisotopic (exact) mass is 353 g/mol. The Bertz CT molecular complexity index is 164. The van der Waals surface area contributed by atoms with Crippen molar-refractivity contribution in [1.29, 1.82) is 0 Å². The van der Waals surface area contributed by atoms with Crippen LogP contribution in [0.5, 0.6) is 0 Å². The third-order valence-corrected chi connectivity index (χ3v) is 1.80. The zero-order valence-corrected chi connectivity index (χ0v) is 25.0. The molecule has 0 unspecified atom stereocenters. The molecule has 0 heterocycles. The third kappa shape index (κ3) is 36.7. The molecule has 0 aromatic heterocycles. The summed E-state index contributed by atoms with van der Waals surface area (Å²) in [6, 6.07) is 0. The fourth-order valence-electron chi connectivity index (χ4n) is 0.122. The van der Waals surface area contributed by atoms with Crippen LogP contribution >= 0.6 is 15.6 Å². The maximum atomic E-state index is 9.32. The van der Waals surface area contributed by atoms with Crippen LogP contribution in [0, 0.1) is 0 Å². The number of hydrogen-bond acceptors (Lipinski definition) is 7. The smallest absolute Gasteiger partial charge is 0.790 e. The molecule has 56 valence electrons. The Balaban J connectivity index is -0.0000000320. The Morgan fingerprint density at radius 2 is 0.857 bits per heavy atom. The van der Waals surface area contributed by atoms with E-state index >= 15 is 0 Å². The van der Waals surface area contributed by atoms with E-state index in [4.69, 9.17) is 0 Å². The van der Waals surface area contributed by atoms with Crippen molar-refractivity contribution in [1.82, 2.24) is 0 Å². The van der Waals surface area contributed by atoms with Crippen molar-refractivity contribution in [3.05, 3.63) is 0 Å². The molecule has 0 aromatic rings. The van der Waals surface area contributed by atoms with Gasteiger partial charge in [0.2, 0.25) is 0 Å². The molecule has 0 saturated carbocycles. The topological polar surface area (TPSA) is 136 Å². The average Bonchev–Trinajstić information content (AvgIpc) is 1.14. The molecular formula is K4NaO7P2+. The molecule has 0 bridgehead atoms. The largest absolute Gasteiger partial charge is 1.00 e. The molecule has 0 saturated heterocycles. The van der Waals surface area contributed by atoms with Crippen molar-refractivity contribution in [2.45, 2.75) is 0 Å². The van der Waals surface area contributed by atoms with E-state index in [1.807, 2.05) is 0 Å². The Morgan fingerprint density at radius 3 is 0.857 bits per heavy atom. The van der Waals surface area contributed by atoms with Gasteiger partial charge in [-0.15, -0.1) is 0 Å². The van der Waals surface area contributed by atoms with Crippen LogP contribution < -0.4 is 255 Å². The van der Waals surface area contributed by atoms with Crippen LogP contribution in [0.15, 0.2) is 0 Å². The van der Waals surface area contributed by atoms with Crippen LogP contribution in [-0.4, -0.2) is 0 Å². The molecule has 0 rings (SSSR count). The quantitative estimate of drug-likeness (QED) is 0.355. The first-order chi connectivity index (χ1) is 3.71. The summed E-state index contributed by atoms with van der Waals surface area (Å²) in [5.41, 5.74) is 0. The predicted octanol–water partition coefficient (Wildman–Crippen LogP) is -18.3. The zero-order chi connectivity index (χ0) is 7.71. The molecule has 0 aromatic carbocycles. The molecule has 0 aliphatic rings. The van der Waals surface area contributed by atoms with Gasteiger partial charge in [-0.25, -0.2) is 0 Å². The van der Waals surface area contributed by atoms with Gasteiger partial charge in [-0.05, 0) is 0 Å². The molecule has 0 aliphatic carbocycles. The molecule has 7 nitrogen and oxygen atoms in total. The van der Waals surface area contributed by atoms with Gasteiger partial charge in [0.15, 0.2) is 0 Å². The average molecular weight is 353 g/mol. The fourth-order valence-corrected chi connectivity index (χ4v) is 1.10. The second-order valence-electron chi connectivity index (χ2n) is 0.976. The Hall–Kier alpha value is 7.81. The second kappa shape index (κ2) is 18.9. The summed E-state index contributed by atoms with van der Waals surface area (Å²) < 4.78 is 21.2. The predicted molar refractivity (Wildman–Crippen MR) is 16.3 cm³/mol. The summed E-state index contributed by atoms with van der Waals surface area (Å²) in [6.45, 7) is 0. The van der Waals surface area contributed by atoms with Crippen LogP contribution in [0.1, 0.15) is 0 Å². The van der Waals surface area contributed by atoms with E-state index in [1.54, 1.807) is 0 Å². The second-order valence-corrected chi connectivity index (χ2v) is 3.42. The van der Waals surface area contributed by atoms with Crippen molar-refractivity contribution in [2.24, 2.45) is 0 Å². The molecule has 0 fully saturated rings. The normalized spacial score (nSPS) is 8.86. The molecule has 0 atom stereocenters. The van der Waals surface area contributed by atoms with Gasteiger partial charge in [0.25, 0.3) is 0 Å². The molecule has 0 radical (unpaired) electrons. The first-order valence-corrected chi connectivity index (χ1v) is 4.38. The van der Waals surface area contributed by atoms with Gasteiger partial charge in [-0.2, -0.15) is 0 Å². The summed E-state index contributed by atoms with van der Waals surface area (Å²) in [5.74, 6) is 0. The molecular weight excluding hydrogens is 353 g/mol. The van der Waals surface area contributed by atoms with E-state index in [1.165, 1.54) is 0 Å². The zero-order valence-electron chi connectivity index (χ0n) is 8.75. The molecule has 0 aliphatic heterocycles. The summed E-state index contributed by atoms with van der Waals surface area (Å²) >= 11 is 0.